The third-order valence-electron chi connectivity index (χ3n) is 2.82. The van der Waals surface area contributed by atoms with Gasteiger partial charge >= 0.3 is 0 Å². The summed E-state index contributed by atoms with van der Waals surface area (Å²) in [7, 11) is 0. The highest BCUT2D eigenvalue weighted by Gasteiger charge is 2.19. The highest BCUT2D eigenvalue weighted by molar-refractivity contribution is 5.41. The molecule has 78 valence electrons. The maximum Gasteiger partial charge on any atom is 0.0120 e. The van der Waals surface area contributed by atoms with Crippen molar-refractivity contribution >= 4 is 0 Å². The van der Waals surface area contributed by atoms with Crippen LogP contribution in [0.5, 0.6) is 0 Å². The van der Waals surface area contributed by atoms with Gasteiger partial charge in [0, 0.05) is 6.04 Å². The third-order valence-corrected chi connectivity index (χ3v) is 2.82. The van der Waals surface area contributed by atoms with Crippen molar-refractivity contribution in [3.05, 3.63) is 34.9 Å². The molecule has 0 aromatic heterocycles. The fourth-order valence-corrected chi connectivity index (χ4v) is 1.92. The lowest BCUT2D eigenvalue weighted by Crippen LogP contribution is -2.13. The molecule has 1 rings (SSSR count). The lowest BCUT2D eigenvalue weighted by Gasteiger charge is -2.04. The van der Waals surface area contributed by atoms with Crippen molar-refractivity contribution in [3.8, 4) is 0 Å². The van der Waals surface area contributed by atoms with E-state index in [0.29, 0.717) is 6.04 Å². The predicted molar refractivity (Wildman–Crippen MR) is 63.1 cm³/mol. The number of allylic oxidation sites excluding steroid dienone is 3. The first-order valence-corrected chi connectivity index (χ1v) is 5.35. The fraction of sp³-hybridized carbons (Fsp3) is 0.538. The minimum Gasteiger partial charge on any atom is -0.327 e. The molecule has 1 fully saturated rings. The van der Waals surface area contributed by atoms with E-state index in [-0.39, 0.29) is 0 Å². The summed E-state index contributed by atoms with van der Waals surface area (Å²) in [6.07, 6.45) is 5.33. The summed E-state index contributed by atoms with van der Waals surface area (Å²) in [4.78, 5) is 0. The van der Waals surface area contributed by atoms with Crippen LogP contribution in [0, 0.1) is 0 Å². The standard InChI is InChI=1S/C13H21N/c1-5-11(9(2)3)7-12-8-13(14)6-10(12)4/h7,13H,4-6,8,14H2,1-3H3/b12-7-. The highest BCUT2D eigenvalue weighted by Crippen LogP contribution is 2.30. The average molecular weight is 191 g/mol. The van der Waals surface area contributed by atoms with E-state index in [2.05, 4.69) is 33.4 Å². The molecule has 2 N–H and O–H groups in total. The lowest BCUT2D eigenvalue weighted by molar-refractivity contribution is 0.735. The van der Waals surface area contributed by atoms with E-state index in [1.807, 2.05) is 0 Å². The predicted octanol–water partition coefficient (Wildman–Crippen LogP) is 3.34. The molecule has 0 aromatic rings. The van der Waals surface area contributed by atoms with Gasteiger partial charge in [-0.1, -0.05) is 30.7 Å². The van der Waals surface area contributed by atoms with Gasteiger partial charge in [0.25, 0.3) is 0 Å². The van der Waals surface area contributed by atoms with Gasteiger partial charge in [-0.25, -0.2) is 0 Å². The normalized spacial score (nSPS) is 24.4. The van der Waals surface area contributed by atoms with E-state index < -0.39 is 0 Å². The Hall–Kier alpha value is -0.820. The van der Waals surface area contributed by atoms with Crippen molar-refractivity contribution in [1.82, 2.24) is 0 Å². The molecule has 0 spiro atoms. The smallest absolute Gasteiger partial charge is 0.0120 e. The number of hydrogen-bond donors (Lipinski definition) is 1. The van der Waals surface area contributed by atoms with E-state index >= 15 is 0 Å². The van der Waals surface area contributed by atoms with Crippen LogP contribution in [-0.2, 0) is 0 Å². The van der Waals surface area contributed by atoms with Crippen LogP contribution in [0.3, 0.4) is 0 Å². The van der Waals surface area contributed by atoms with Gasteiger partial charge < -0.3 is 5.73 Å². The minimum atomic E-state index is 0.295. The maximum absolute atomic E-state index is 5.89. The molecule has 1 aliphatic rings. The van der Waals surface area contributed by atoms with Gasteiger partial charge in [-0.2, -0.15) is 0 Å². The monoisotopic (exact) mass is 191 g/mol. The van der Waals surface area contributed by atoms with E-state index in [4.69, 9.17) is 5.73 Å². The summed E-state index contributed by atoms with van der Waals surface area (Å²) in [5.41, 5.74) is 11.3. The summed E-state index contributed by atoms with van der Waals surface area (Å²) in [5.74, 6) is 0. The highest BCUT2D eigenvalue weighted by atomic mass is 14.6. The molecule has 0 heterocycles. The van der Waals surface area contributed by atoms with Gasteiger partial charge in [-0.15, -0.1) is 0 Å². The van der Waals surface area contributed by atoms with Gasteiger partial charge in [-0.05, 0) is 44.3 Å². The molecule has 1 aliphatic carbocycles. The molecule has 1 atom stereocenters. The molecule has 14 heavy (non-hydrogen) atoms. The maximum atomic E-state index is 5.89. The SMILES string of the molecule is C=C1CC(N)C/C1=C/C(CC)=C(C)C. The zero-order valence-corrected chi connectivity index (χ0v) is 9.56. The molecule has 0 aromatic carbocycles. The molecule has 1 heteroatoms. The Morgan fingerprint density at radius 3 is 2.50 bits per heavy atom. The molecule has 0 saturated heterocycles. The Labute approximate surface area is 87.4 Å². The molecule has 0 aliphatic heterocycles. The van der Waals surface area contributed by atoms with E-state index in [9.17, 15) is 0 Å². The summed E-state index contributed by atoms with van der Waals surface area (Å²) in [5, 5.41) is 0. The first-order chi connectivity index (χ1) is 6.54. The Morgan fingerprint density at radius 1 is 1.50 bits per heavy atom. The second-order valence-electron chi connectivity index (χ2n) is 4.32. The topological polar surface area (TPSA) is 26.0 Å². The van der Waals surface area contributed by atoms with Crippen LogP contribution >= 0.6 is 0 Å². The van der Waals surface area contributed by atoms with Crippen molar-refractivity contribution in [1.29, 1.82) is 0 Å². The van der Waals surface area contributed by atoms with Crippen LogP contribution < -0.4 is 5.73 Å². The zero-order chi connectivity index (χ0) is 10.7. The second kappa shape index (κ2) is 4.61. The van der Waals surface area contributed by atoms with Crippen LogP contribution in [0.4, 0.5) is 0 Å². The van der Waals surface area contributed by atoms with Crippen molar-refractivity contribution in [2.75, 3.05) is 0 Å². The Balaban J connectivity index is 2.88. The molecule has 0 amide bonds. The fourth-order valence-electron chi connectivity index (χ4n) is 1.92. The van der Waals surface area contributed by atoms with Crippen LogP contribution in [0.15, 0.2) is 34.9 Å². The van der Waals surface area contributed by atoms with Crippen molar-refractivity contribution in [2.45, 2.75) is 46.1 Å². The summed E-state index contributed by atoms with van der Waals surface area (Å²) in [6.45, 7) is 10.6. The summed E-state index contributed by atoms with van der Waals surface area (Å²) >= 11 is 0. The Kier molecular flexibility index (Phi) is 3.70. The first-order valence-electron chi connectivity index (χ1n) is 5.35. The molecule has 1 saturated carbocycles. The van der Waals surface area contributed by atoms with Gasteiger partial charge in [-0.3, -0.25) is 0 Å². The molecule has 1 unspecified atom stereocenters. The molecular formula is C13H21N. The Morgan fingerprint density at radius 2 is 2.14 bits per heavy atom. The van der Waals surface area contributed by atoms with Gasteiger partial charge in [0.05, 0.1) is 0 Å². The van der Waals surface area contributed by atoms with Crippen LogP contribution in [-0.4, -0.2) is 6.04 Å². The van der Waals surface area contributed by atoms with Gasteiger partial charge in [0.1, 0.15) is 0 Å². The lowest BCUT2D eigenvalue weighted by atomic mass is 10.0. The van der Waals surface area contributed by atoms with Crippen LogP contribution in [0.25, 0.3) is 0 Å². The molecular weight excluding hydrogens is 170 g/mol. The molecule has 0 bridgehead atoms. The number of hydrogen-bond acceptors (Lipinski definition) is 1. The van der Waals surface area contributed by atoms with E-state index in [0.717, 1.165) is 19.3 Å². The number of rotatable bonds is 2. The summed E-state index contributed by atoms with van der Waals surface area (Å²) < 4.78 is 0. The van der Waals surface area contributed by atoms with Crippen molar-refractivity contribution < 1.29 is 0 Å². The Bertz CT molecular complexity index is 290. The first kappa shape index (κ1) is 11.3. The van der Waals surface area contributed by atoms with Crippen LogP contribution in [0.1, 0.15) is 40.0 Å². The van der Waals surface area contributed by atoms with Crippen LogP contribution in [0.2, 0.25) is 0 Å². The second-order valence-corrected chi connectivity index (χ2v) is 4.32. The number of nitrogens with two attached hydrogens (primary N) is 1. The largest absolute Gasteiger partial charge is 0.327 e. The quantitative estimate of drug-likeness (QED) is 0.711. The van der Waals surface area contributed by atoms with Gasteiger partial charge in [0.15, 0.2) is 0 Å². The van der Waals surface area contributed by atoms with Gasteiger partial charge in [0.2, 0.25) is 0 Å². The third kappa shape index (κ3) is 2.58. The van der Waals surface area contributed by atoms with E-state index in [1.165, 1.54) is 22.3 Å². The van der Waals surface area contributed by atoms with E-state index in [1.54, 1.807) is 0 Å². The minimum absolute atomic E-state index is 0.295. The zero-order valence-electron chi connectivity index (χ0n) is 9.56. The molecule has 1 nitrogen and oxygen atoms in total. The molecule has 0 radical (unpaired) electrons. The average Bonchev–Trinajstić information content (AvgIpc) is 2.40. The van der Waals surface area contributed by atoms with Crippen molar-refractivity contribution in [3.63, 3.8) is 0 Å². The summed E-state index contributed by atoms with van der Waals surface area (Å²) in [6, 6.07) is 0.295. The van der Waals surface area contributed by atoms with Crippen molar-refractivity contribution in [2.24, 2.45) is 5.73 Å².